The molecule has 0 aromatic carbocycles. The van der Waals surface area contributed by atoms with E-state index >= 15 is 0 Å². The topological polar surface area (TPSA) is 28.2 Å². The monoisotopic (exact) mass is 205 g/mol. The number of likely N-dealkylation sites (N-methyl/N-ethyl adjacent to an activating group) is 1. The third kappa shape index (κ3) is 2.55. The van der Waals surface area contributed by atoms with Crippen LogP contribution in [0, 0.1) is 6.92 Å². The fraction of sp³-hybridized carbons (Fsp3) is 0.583. The summed E-state index contributed by atoms with van der Waals surface area (Å²) in [6.45, 7) is 5.45. The zero-order valence-electron chi connectivity index (χ0n) is 9.53. The van der Waals surface area contributed by atoms with Crippen LogP contribution >= 0.6 is 0 Å². The second kappa shape index (κ2) is 4.73. The Balaban J connectivity index is 1.96. The Morgan fingerprint density at radius 1 is 1.60 bits per heavy atom. The summed E-state index contributed by atoms with van der Waals surface area (Å²) in [5.74, 6) is 0. The van der Waals surface area contributed by atoms with Crippen molar-refractivity contribution >= 4 is 0 Å². The second-order valence-corrected chi connectivity index (χ2v) is 4.28. The Bertz CT molecular complexity index is 324. The van der Waals surface area contributed by atoms with Crippen LogP contribution in [-0.2, 0) is 6.54 Å². The molecule has 0 amide bonds. The Hall–Kier alpha value is -0.930. The van der Waals surface area contributed by atoms with Crippen LogP contribution in [0.4, 0.5) is 0 Å². The quantitative estimate of drug-likeness (QED) is 0.803. The summed E-state index contributed by atoms with van der Waals surface area (Å²) in [5, 5.41) is 3.33. The van der Waals surface area contributed by atoms with E-state index in [4.69, 9.17) is 0 Å². The first-order valence-electron chi connectivity index (χ1n) is 5.59. The van der Waals surface area contributed by atoms with Crippen molar-refractivity contribution in [1.29, 1.82) is 0 Å². The minimum Gasteiger partial charge on any atom is -0.316 e. The Kier molecular flexibility index (Phi) is 3.34. The summed E-state index contributed by atoms with van der Waals surface area (Å²) in [5.41, 5.74) is 2.51. The van der Waals surface area contributed by atoms with Gasteiger partial charge in [0.1, 0.15) is 0 Å². The third-order valence-electron chi connectivity index (χ3n) is 3.17. The number of hydrogen-bond donors (Lipinski definition) is 1. The molecule has 1 fully saturated rings. The van der Waals surface area contributed by atoms with E-state index in [9.17, 15) is 0 Å². The molecule has 3 heteroatoms. The standard InChI is InChI=1S/C12H19N3/c1-10-4-3-6-14-12(10)9-15-7-5-11(8-15)13-2/h3-4,6,11,13H,5,7-9H2,1-2H3. The van der Waals surface area contributed by atoms with Gasteiger partial charge in [-0.15, -0.1) is 0 Å². The van der Waals surface area contributed by atoms with Crippen LogP contribution in [0.15, 0.2) is 18.3 Å². The minimum absolute atomic E-state index is 0.661. The van der Waals surface area contributed by atoms with E-state index in [1.807, 2.05) is 19.3 Å². The molecule has 2 rings (SSSR count). The van der Waals surface area contributed by atoms with Gasteiger partial charge in [-0.05, 0) is 32.0 Å². The first-order chi connectivity index (χ1) is 7.29. The Labute approximate surface area is 91.5 Å². The largest absolute Gasteiger partial charge is 0.316 e. The summed E-state index contributed by atoms with van der Waals surface area (Å²) in [7, 11) is 2.04. The van der Waals surface area contributed by atoms with Gasteiger partial charge in [0.15, 0.2) is 0 Å². The number of hydrogen-bond acceptors (Lipinski definition) is 3. The Morgan fingerprint density at radius 2 is 2.47 bits per heavy atom. The number of aryl methyl sites for hydroxylation is 1. The zero-order valence-corrected chi connectivity index (χ0v) is 9.53. The van der Waals surface area contributed by atoms with Crippen LogP contribution in [0.1, 0.15) is 17.7 Å². The molecule has 0 bridgehead atoms. The maximum absolute atomic E-state index is 4.43. The van der Waals surface area contributed by atoms with E-state index in [2.05, 4.69) is 28.2 Å². The van der Waals surface area contributed by atoms with Crippen molar-refractivity contribution in [2.75, 3.05) is 20.1 Å². The zero-order chi connectivity index (χ0) is 10.7. The van der Waals surface area contributed by atoms with E-state index < -0.39 is 0 Å². The highest BCUT2D eigenvalue weighted by Gasteiger charge is 2.21. The fourth-order valence-electron chi connectivity index (χ4n) is 2.11. The highest BCUT2D eigenvalue weighted by atomic mass is 15.2. The molecule has 2 heterocycles. The third-order valence-corrected chi connectivity index (χ3v) is 3.17. The van der Waals surface area contributed by atoms with E-state index in [0.29, 0.717) is 6.04 Å². The molecule has 0 radical (unpaired) electrons. The van der Waals surface area contributed by atoms with E-state index in [1.165, 1.54) is 24.2 Å². The molecule has 82 valence electrons. The fourth-order valence-corrected chi connectivity index (χ4v) is 2.11. The van der Waals surface area contributed by atoms with Gasteiger partial charge in [0.25, 0.3) is 0 Å². The van der Waals surface area contributed by atoms with Crippen LogP contribution in [0.25, 0.3) is 0 Å². The van der Waals surface area contributed by atoms with Gasteiger partial charge in [0.05, 0.1) is 5.69 Å². The molecule has 3 nitrogen and oxygen atoms in total. The lowest BCUT2D eigenvalue weighted by molar-refractivity contribution is 0.318. The molecule has 1 N–H and O–H groups in total. The Morgan fingerprint density at radius 3 is 3.13 bits per heavy atom. The molecule has 1 aliphatic rings. The number of pyridine rings is 1. The van der Waals surface area contributed by atoms with Gasteiger partial charge in [-0.3, -0.25) is 9.88 Å². The summed E-state index contributed by atoms with van der Waals surface area (Å²) in [4.78, 5) is 6.90. The van der Waals surface area contributed by atoms with Crippen molar-refractivity contribution in [1.82, 2.24) is 15.2 Å². The normalized spacial score (nSPS) is 22.1. The van der Waals surface area contributed by atoms with Crippen molar-refractivity contribution in [3.05, 3.63) is 29.6 Å². The number of aromatic nitrogens is 1. The van der Waals surface area contributed by atoms with Crippen molar-refractivity contribution < 1.29 is 0 Å². The highest BCUT2D eigenvalue weighted by molar-refractivity contribution is 5.17. The first-order valence-corrected chi connectivity index (χ1v) is 5.59. The summed E-state index contributed by atoms with van der Waals surface area (Å²) >= 11 is 0. The van der Waals surface area contributed by atoms with Crippen molar-refractivity contribution in [2.45, 2.75) is 25.9 Å². The van der Waals surface area contributed by atoms with Gasteiger partial charge < -0.3 is 5.32 Å². The first kappa shape index (κ1) is 10.6. The van der Waals surface area contributed by atoms with Crippen molar-refractivity contribution in [2.24, 2.45) is 0 Å². The lowest BCUT2D eigenvalue weighted by Gasteiger charge is -2.16. The number of rotatable bonds is 3. The van der Waals surface area contributed by atoms with Gasteiger partial charge in [-0.25, -0.2) is 0 Å². The molecule has 0 saturated carbocycles. The molecule has 1 aromatic heterocycles. The average Bonchev–Trinajstić information content (AvgIpc) is 2.69. The minimum atomic E-state index is 0.661. The van der Waals surface area contributed by atoms with Gasteiger partial charge >= 0.3 is 0 Å². The van der Waals surface area contributed by atoms with Crippen LogP contribution in [-0.4, -0.2) is 36.1 Å². The van der Waals surface area contributed by atoms with Crippen LogP contribution in [0.2, 0.25) is 0 Å². The lowest BCUT2D eigenvalue weighted by Crippen LogP contribution is -2.29. The molecule has 15 heavy (non-hydrogen) atoms. The van der Waals surface area contributed by atoms with Gasteiger partial charge in [0.2, 0.25) is 0 Å². The van der Waals surface area contributed by atoms with Crippen molar-refractivity contribution in [3.8, 4) is 0 Å². The predicted octanol–water partition coefficient (Wildman–Crippen LogP) is 1.18. The maximum atomic E-state index is 4.43. The number of nitrogens with one attached hydrogen (secondary N) is 1. The van der Waals surface area contributed by atoms with E-state index in [1.54, 1.807) is 0 Å². The molecule has 1 atom stereocenters. The molecule has 1 aromatic rings. The molecule has 1 saturated heterocycles. The molecule has 1 aliphatic heterocycles. The number of nitrogens with zero attached hydrogens (tertiary/aromatic N) is 2. The summed E-state index contributed by atoms with van der Waals surface area (Å²) in [6.07, 6.45) is 3.14. The van der Waals surface area contributed by atoms with Gasteiger partial charge in [-0.2, -0.15) is 0 Å². The van der Waals surface area contributed by atoms with Crippen LogP contribution in [0.5, 0.6) is 0 Å². The highest BCUT2D eigenvalue weighted by Crippen LogP contribution is 2.13. The summed E-state index contributed by atoms with van der Waals surface area (Å²) < 4.78 is 0. The number of likely N-dealkylation sites (tertiary alicyclic amines) is 1. The van der Waals surface area contributed by atoms with Crippen molar-refractivity contribution in [3.63, 3.8) is 0 Å². The van der Waals surface area contributed by atoms with E-state index in [-0.39, 0.29) is 0 Å². The predicted molar refractivity (Wildman–Crippen MR) is 61.7 cm³/mol. The smallest absolute Gasteiger partial charge is 0.0573 e. The van der Waals surface area contributed by atoms with Crippen LogP contribution < -0.4 is 5.32 Å². The molecular formula is C12H19N3. The molecule has 0 aliphatic carbocycles. The van der Waals surface area contributed by atoms with Gasteiger partial charge in [-0.1, -0.05) is 6.07 Å². The maximum Gasteiger partial charge on any atom is 0.0573 e. The SMILES string of the molecule is CNC1CCN(Cc2ncccc2C)C1. The molecular weight excluding hydrogens is 186 g/mol. The van der Waals surface area contributed by atoms with E-state index in [0.717, 1.165) is 13.1 Å². The summed E-state index contributed by atoms with van der Waals surface area (Å²) in [6, 6.07) is 4.79. The average molecular weight is 205 g/mol. The second-order valence-electron chi connectivity index (χ2n) is 4.28. The van der Waals surface area contributed by atoms with Gasteiger partial charge in [0, 0.05) is 31.9 Å². The molecule has 1 unspecified atom stereocenters. The molecule has 0 spiro atoms. The van der Waals surface area contributed by atoms with Crippen LogP contribution in [0.3, 0.4) is 0 Å². The lowest BCUT2D eigenvalue weighted by atomic mass is 10.2.